The van der Waals surface area contributed by atoms with E-state index in [1.54, 1.807) is 12.1 Å². The number of imidazole rings is 1. The van der Waals surface area contributed by atoms with Gasteiger partial charge in [0.15, 0.2) is 11.4 Å². The van der Waals surface area contributed by atoms with E-state index >= 15 is 0 Å². The van der Waals surface area contributed by atoms with Crippen molar-refractivity contribution in [1.29, 1.82) is 0 Å². The van der Waals surface area contributed by atoms with Crippen LogP contribution in [0, 0.1) is 0 Å². The number of hydrogen-bond donors (Lipinski definition) is 2. The van der Waals surface area contributed by atoms with Crippen molar-refractivity contribution in [3.05, 3.63) is 24.7 Å². The normalized spacial score (nSPS) is 11.2. The number of aromatic nitrogens is 4. The third-order valence-corrected chi connectivity index (χ3v) is 2.80. The van der Waals surface area contributed by atoms with Gasteiger partial charge in [-0.3, -0.25) is 0 Å². The molecule has 3 rings (SSSR count). The average Bonchev–Trinajstić information content (AvgIpc) is 3.05. The number of amides is 1. The molecule has 0 saturated carbocycles. The quantitative estimate of drug-likeness (QED) is 0.740. The monoisotopic (exact) mass is 286 g/mol. The lowest BCUT2D eigenvalue weighted by atomic mass is 10.3. The van der Waals surface area contributed by atoms with E-state index in [1.807, 2.05) is 13.8 Å². The van der Waals surface area contributed by atoms with Gasteiger partial charge in [-0.05, 0) is 26.0 Å². The van der Waals surface area contributed by atoms with Gasteiger partial charge in [-0.15, -0.1) is 0 Å². The predicted octanol–water partition coefficient (Wildman–Crippen LogP) is 1.63. The summed E-state index contributed by atoms with van der Waals surface area (Å²) in [6, 6.07) is 3.16. The fourth-order valence-corrected chi connectivity index (χ4v) is 1.97. The second-order valence-corrected chi connectivity index (χ2v) is 4.80. The van der Waals surface area contributed by atoms with Crippen molar-refractivity contribution in [1.82, 2.24) is 24.8 Å². The van der Waals surface area contributed by atoms with Crippen molar-refractivity contribution in [2.24, 2.45) is 0 Å². The van der Waals surface area contributed by atoms with Crippen LogP contribution in [0.2, 0.25) is 0 Å². The van der Waals surface area contributed by atoms with Crippen LogP contribution in [0.1, 0.15) is 13.8 Å². The van der Waals surface area contributed by atoms with E-state index in [0.29, 0.717) is 22.6 Å². The maximum atomic E-state index is 12.1. The predicted molar refractivity (Wildman–Crippen MR) is 76.5 cm³/mol. The van der Waals surface area contributed by atoms with Crippen LogP contribution in [0.4, 0.5) is 10.7 Å². The molecule has 3 aromatic heterocycles. The molecule has 1 amide bonds. The topological polar surface area (TPSA) is 112 Å². The van der Waals surface area contributed by atoms with Gasteiger partial charge in [0, 0.05) is 6.04 Å². The van der Waals surface area contributed by atoms with Crippen molar-refractivity contribution in [2.45, 2.75) is 19.9 Å². The highest BCUT2D eigenvalue weighted by atomic mass is 16.3. The summed E-state index contributed by atoms with van der Waals surface area (Å²) in [6.45, 7) is 3.74. The van der Waals surface area contributed by atoms with E-state index in [1.165, 1.54) is 17.2 Å². The summed E-state index contributed by atoms with van der Waals surface area (Å²) >= 11 is 0. The molecule has 3 aromatic rings. The Morgan fingerprint density at radius 1 is 1.43 bits per heavy atom. The summed E-state index contributed by atoms with van der Waals surface area (Å²) in [5, 5.41) is 2.77. The number of nitrogens with two attached hydrogens (primary N) is 1. The molecule has 0 fully saturated rings. The van der Waals surface area contributed by atoms with Crippen LogP contribution < -0.4 is 11.1 Å². The molecule has 0 saturated heterocycles. The second-order valence-electron chi connectivity index (χ2n) is 4.80. The first kappa shape index (κ1) is 13.1. The Morgan fingerprint density at radius 3 is 2.90 bits per heavy atom. The van der Waals surface area contributed by atoms with Gasteiger partial charge in [0.25, 0.3) is 0 Å². The minimum atomic E-state index is -0.323. The summed E-state index contributed by atoms with van der Waals surface area (Å²) in [6.07, 6.45) is 2.92. The van der Waals surface area contributed by atoms with E-state index in [-0.39, 0.29) is 18.0 Å². The number of rotatable bonds is 2. The lowest BCUT2D eigenvalue weighted by Gasteiger charge is -2.08. The minimum absolute atomic E-state index is 0.00122. The fraction of sp³-hybridized carbons (Fsp3) is 0.231. The number of nitrogen functional groups attached to an aromatic ring is 1. The van der Waals surface area contributed by atoms with E-state index in [0.717, 1.165) is 0 Å². The van der Waals surface area contributed by atoms with Crippen LogP contribution in [0.15, 0.2) is 29.1 Å². The summed E-state index contributed by atoms with van der Waals surface area (Å²) in [5.74, 6) is 0.566. The Morgan fingerprint density at radius 2 is 2.24 bits per heavy atom. The van der Waals surface area contributed by atoms with Gasteiger partial charge in [-0.2, -0.15) is 4.98 Å². The molecular formula is C13H14N6O2. The average molecular weight is 286 g/mol. The summed E-state index contributed by atoms with van der Waals surface area (Å²) in [5.41, 5.74) is 6.98. The molecular weight excluding hydrogens is 272 g/mol. The van der Waals surface area contributed by atoms with Crippen molar-refractivity contribution in [3.63, 3.8) is 0 Å². The maximum Gasteiger partial charge on any atom is 0.328 e. The number of furan rings is 1. The highest BCUT2D eigenvalue weighted by Gasteiger charge is 2.18. The molecule has 0 radical (unpaired) electrons. The number of carbonyl (C=O) groups is 1. The Hall–Kier alpha value is -2.90. The molecule has 0 unspecified atom stereocenters. The van der Waals surface area contributed by atoms with Crippen LogP contribution in [0.3, 0.4) is 0 Å². The fourth-order valence-electron chi connectivity index (χ4n) is 1.97. The lowest BCUT2D eigenvalue weighted by molar-refractivity contribution is 0.240. The molecule has 8 nitrogen and oxygen atoms in total. The number of anilines is 1. The van der Waals surface area contributed by atoms with Gasteiger partial charge in [-0.1, -0.05) is 0 Å². The first-order valence-electron chi connectivity index (χ1n) is 6.41. The number of fused-ring (bicyclic) bond motifs is 1. The van der Waals surface area contributed by atoms with Crippen LogP contribution in [-0.4, -0.2) is 31.6 Å². The van der Waals surface area contributed by atoms with Crippen LogP contribution >= 0.6 is 0 Å². The van der Waals surface area contributed by atoms with Gasteiger partial charge in [0.05, 0.1) is 6.26 Å². The Labute approximate surface area is 120 Å². The lowest BCUT2D eigenvalue weighted by Crippen LogP contribution is -2.33. The van der Waals surface area contributed by atoms with Gasteiger partial charge >= 0.3 is 6.03 Å². The van der Waals surface area contributed by atoms with Gasteiger partial charge < -0.3 is 15.5 Å². The van der Waals surface area contributed by atoms with Crippen molar-refractivity contribution >= 4 is 23.1 Å². The van der Waals surface area contributed by atoms with Crippen LogP contribution in [0.25, 0.3) is 22.6 Å². The third-order valence-electron chi connectivity index (χ3n) is 2.80. The van der Waals surface area contributed by atoms with E-state index in [9.17, 15) is 4.79 Å². The highest BCUT2D eigenvalue weighted by molar-refractivity contribution is 5.93. The molecule has 0 aliphatic heterocycles. The summed E-state index contributed by atoms with van der Waals surface area (Å²) in [7, 11) is 0. The van der Waals surface area contributed by atoms with E-state index in [4.69, 9.17) is 10.2 Å². The van der Waals surface area contributed by atoms with Crippen LogP contribution in [0.5, 0.6) is 0 Å². The summed E-state index contributed by atoms with van der Waals surface area (Å²) < 4.78 is 6.63. The molecule has 108 valence electrons. The first-order valence-corrected chi connectivity index (χ1v) is 6.41. The molecule has 3 N–H and O–H groups in total. The molecule has 3 heterocycles. The van der Waals surface area contributed by atoms with Crippen molar-refractivity contribution in [2.75, 3.05) is 5.73 Å². The highest BCUT2D eigenvalue weighted by Crippen LogP contribution is 2.25. The SMILES string of the molecule is CC(C)NC(=O)n1cnc2c(-c3ccco3)nc(N)nc21. The Balaban J connectivity index is 2.17. The van der Waals surface area contributed by atoms with Gasteiger partial charge in [-0.25, -0.2) is 19.3 Å². The number of nitrogens with one attached hydrogen (secondary N) is 1. The number of carbonyl (C=O) groups excluding carboxylic acids is 1. The molecule has 0 aliphatic carbocycles. The Bertz CT molecular complexity index is 790. The molecule has 0 atom stereocenters. The Kier molecular flexibility index (Phi) is 3.05. The molecule has 21 heavy (non-hydrogen) atoms. The van der Waals surface area contributed by atoms with Crippen molar-refractivity contribution < 1.29 is 9.21 Å². The second kappa shape index (κ2) is 4.89. The largest absolute Gasteiger partial charge is 0.463 e. The molecule has 0 aromatic carbocycles. The smallest absolute Gasteiger partial charge is 0.328 e. The van der Waals surface area contributed by atoms with Crippen molar-refractivity contribution in [3.8, 4) is 11.5 Å². The first-order chi connectivity index (χ1) is 10.1. The van der Waals surface area contributed by atoms with Crippen LogP contribution in [-0.2, 0) is 0 Å². The summed E-state index contributed by atoms with van der Waals surface area (Å²) in [4.78, 5) is 24.6. The molecule has 8 heteroatoms. The third kappa shape index (κ3) is 2.31. The molecule has 0 spiro atoms. The van der Waals surface area contributed by atoms with E-state index in [2.05, 4.69) is 20.3 Å². The number of hydrogen-bond acceptors (Lipinski definition) is 6. The van der Waals surface area contributed by atoms with Gasteiger partial charge in [0.2, 0.25) is 5.95 Å². The zero-order valence-corrected chi connectivity index (χ0v) is 11.6. The zero-order chi connectivity index (χ0) is 15.0. The maximum absolute atomic E-state index is 12.1. The molecule has 0 bridgehead atoms. The molecule has 0 aliphatic rings. The zero-order valence-electron chi connectivity index (χ0n) is 11.6. The number of nitrogens with zero attached hydrogens (tertiary/aromatic N) is 4. The standard InChI is InChI=1S/C13H14N6O2/c1-7(2)16-13(20)19-6-15-10-9(8-4-3-5-21-8)17-12(14)18-11(10)19/h3-7H,1-2H3,(H,16,20)(H2,14,17,18). The van der Waals surface area contributed by atoms with E-state index < -0.39 is 0 Å². The minimum Gasteiger partial charge on any atom is -0.463 e. The van der Waals surface area contributed by atoms with Gasteiger partial charge in [0.1, 0.15) is 17.5 Å².